The van der Waals surface area contributed by atoms with Gasteiger partial charge in [-0.3, -0.25) is 14.4 Å². The summed E-state index contributed by atoms with van der Waals surface area (Å²) in [4.78, 5) is 37.1. The first-order valence-corrected chi connectivity index (χ1v) is 8.77. The van der Waals surface area contributed by atoms with E-state index in [9.17, 15) is 14.4 Å². The number of rotatable bonds is 8. The molecular formula is C17H24BrN3O3. The summed E-state index contributed by atoms with van der Waals surface area (Å²) in [5.74, 6) is -0.660. The molecule has 0 saturated carbocycles. The molecule has 0 aliphatic heterocycles. The smallest absolute Gasteiger partial charge is 0.243 e. The number of hydrogen-bond donors (Lipinski definition) is 2. The number of benzene rings is 1. The standard InChI is InChI=1S/C17H24BrN3O3/c1-4-21(5-2)17(24)9-8-15(22)19-11-16(23)20-14-7-6-13(18)10-12(14)3/h6-7,10H,4-5,8-9,11H2,1-3H3,(H,19,22)(H,20,23). The maximum atomic E-state index is 11.9. The summed E-state index contributed by atoms with van der Waals surface area (Å²) in [5, 5.41) is 5.28. The van der Waals surface area contributed by atoms with Crippen LogP contribution in [0.4, 0.5) is 5.69 Å². The number of nitrogens with zero attached hydrogens (tertiary/aromatic N) is 1. The SMILES string of the molecule is CCN(CC)C(=O)CCC(=O)NCC(=O)Nc1ccc(Br)cc1C. The predicted molar refractivity (Wildman–Crippen MR) is 97.7 cm³/mol. The fourth-order valence-corrected chi connectivity index (χ4v) is 2.66. The molecule has 7 heteroatoms. The molecule has 1 aromatic carbocycles. The molecule has 0 radical (unpaired) electrons. The first-order valence-electron chi connectivity index (χ1n) is 7.97. The molecule has 0 saturated heterocycles. The number of carbonyl (C=O) groups excluding carboxylic acids is 3. The second kappa shape index (κ2) is 10.1. The third-order valence-corrected chi connectivity index (χ3v) is 4.08. The normalized spacial score (nSPS) is 10.2. The lowest BCUT2D eigenvalue weighted by Gasteiger charge is -2.18. The zero-order valence-corrected chi connectivity index (χ0v) is 15.9. The fraction of sp³-hybridized carbons (Fsp3) is 0.471. The Morgan fingerprint density at radius 2 is 1.75 bits per heavy atom. The van der Waals surface area contributed by atoms with Crippen LogP contribution in [-0.2, 0) is 14.4 Å². The van der Waals surface area contributed by atoms with Gasteiger partial charge in [0.25, 0.3) is 0 Å². The van der Waals surface area contributed by atoms with Crippen molar-refractivity contribution >= 4 is 39.3 Å². The topological polar surface area (TPSA) is 78.5 Å². The lowest BCUT2D eigenvalue weighted by Crippen LogP contribution is -2.35. The Morgan fingerprint density at radius 1 is 1.08 bits per heavy atom. The predicted octanol–water partition coefficient (Wildman–Crippen LogP) is 2.46. The van der Waals surface area contributed by atoms with E-state index in [2.05, 4.69) is 26.6 Å². The maximum absolute atomic E-state index is 11.9. The maximum Gasteiger partial charge on any atom is 0.243 e. The number of nitrogens with one attached hydrogen (secondary N) is 2. The molecule has 24 heavy (non-hydrogen) atoms. The van der Waals surface area contributed by atoms with Gasteiger partial charge in [-0.2, -0.15) is 0 Å². The number of hydrogen-bond acceptors (Lipinski definition) is 3. The molecule has 0 aromatic heterocycles. The van der Waals surface area contributed by atoms with Gasteiger partial charge < -0.3 is 15.5 Å². The second-order valence-corrected chi connectivity index (χ2v) is 6.27. The van der Waals surface area contributed by atoms with E-state index in [0.717, 1.165) is 10.0 Å². The zero-order chi connectivity index (χ0) is 18.1. The summed E-state index contributed by atoms with van der Waals surface area (Å²) in [7, 11) is 0. The van der Waals surface area contributed by atoms with E-state index < -0.39 is 0 Å². The van der Waals surface area contributed by atoms with Gasteiger partial charge in [0.1, 0.15) is 0 Å². The molecule has 1 aromatic rings. The number of aryl methyl sites for hydroxylation is 1. The molecule has 3 amide bonds. The molecule has 0 fully saturated rings. The van der Waals surface area contributed by atoms with Gasteiger partial charge in [-0.25, -0.2) is 0 Å². The molecule has 0 aliphatic carbocycles. The minimum absolute atomic E-state index is 0.0508. The lowest BCUT2D eigenvalue weighted by atomic mass is 10.2. The second-order valence-electron chi connectivity index (χ2n) is 5.35. The van der Waals surface area contributed by atoms with Crippen molar-refractivity contribution < 1.29 is 14.4 Å². The highest BCUT2D eigenvalue weighted by molar-refractivity contribution is 9.10. The molecule has 0 heterocycles. The third-order valence-electron chi connectivity index (χ3n) is 3.59. The van der Waals surface area contributed by atoms with E-state index in [4.69, 9.17) is 0 Å². The van der Waals surface area contributed by atoms with Crippen molar-refractivity contribution in [1.82, 2.24) is 10.2 Å². The molecular weight excluding hydrogens is 374 g/mol. The van der Waals surface area contributed by atoms with Crippen LogP contribution in [0.5, 0.6) is 0 Å². The van der Waals surface area contributed by atoms with E-state index in [-0.39, 0.29) is 37.1 Å². The van der Waals surface area contributed by atoms with Crippen LogP contribution in [0, 0.1) is 6.92 Å². The van der Waals surface area contributed by atoms with E-state index >= 15 is 0 Å². The summed E-state index contributed by atoms with van der Waals surface area (Å²) in [5.41, 5.74) is 1.63. The van der Waals surface area contributed by atoms with Gasteiger partial charge in [0, 0.05) is 36.1 Å². The van der Waals surface area contributed by atoms with Gasteiger partial charge in [0.05, 0.1) is 6.54 Å². The van der Waals surface area contributed by atoms with Crippen molar-refractivity contribution in [3.05, 3.63) is 28.2 Å². The summed E-state index contributed by atoms with van der Waals surface area (Å²) >= 11 is 3.36. The van der Waals surface area contributed by atoms with Crippen molar-refractivity contribution in [2.45, 2.75) is 33.6 Å². The van der Waals surface area contributed by atoms with Crippen molar-refractivity contribution in [3.63, 3.8) is 0 Å². The number of halogens is 1. The molecule has 1 rings (SSSR count). The minimum atomic E-state index is -0.307. The van der Waals surface area contributed by atoms with Gasteiger partial charge in [0.2, 0.25) is 17.7 Å². The van der Waals surface area contributed by atoms with Crippen LogP contribution in [0.1, 0.15) is 32.3 Å². The van der Waals surface area contributed by atoms with Gasteiger partial charge in [-0.1, -0.05) is 15.9 Å². The molecule has 132 valence electrons. The van der Waals surface area contributed by atoms with E-state index in [1.165, 1.54) is 0 Å². The number of anilines is 1. The largest absolute Gasteiger partial charge is 0.347 e. The zero-order valence-electron chi connectivity index (χ0n) is 14.3. The first-order chi connectivity index (χ1) is 11.4. The van der Waals surface area contributed by atoms with Crippen LogP contribution in [-0.4, -0.2) is 42.3 Å². The number of amides is 3. The van der Waals surface area contributed by atoms with Crippen molar-refractivity contribution in [2.75, 3.05) is 25.0 Å². The average molecular weight is 398 g/mol. The lowest BCUT2D eigenvalue weighted by molar-refractivity contribution is -0.133. The highest BCUT2D eigenvalue weighted by Crippen LogP contribution is 2.19. The van der Waals surface area contributed by atoms with Gasteiger partial charge in [-0.05, 0) is 44.5 Å². The highest BCUT2D eigenvalue weighted by atomic mass is 79.9. The Morgan fingerprint density at radius 3 is 2.33 bits per heavy atom. The van der Waals surface area contributed by atoms with Crippen molar-refractivity contribution in [2.24, 2.45) is 0 Å². The Hall–Kier alpha value is -1.89. The summed E-state index contributed by atoms with van der Waals surface area (Å²) in [6.45, 7) is 6.83. The molecule has 0 aliphatic rings. The minimum Gasteiger partial charge on any atom is -0.347 e. The molecule has 0 bridgehead atoms. The van der Waals surface area contributed by atoms with Crippen molar-refractivity contribution in [3.8, 4) is 0 Å². The monoisotopic (exact) mass is 397 g/mol. The van der Waals surface area contributed by atoms with Gasteiger partial charge in [0.15, 0.2) is 0 Å². The van der Waals surface area contributed by atoms with Gasteiger partial charge >= 0.3 is 0 Å². The Labute approximate surface area is 151 Å². The Kier molecular flexibility index (Phi) is 8.46. The number of carbonyl (C=O) groups is 3. The summed E-state index contributed by atoms with van der Waals surface area (Å²) in [6.07, 6.45) is 0.237. The molecule has 6 nitrogen and oxygen atoms in total. The van der Waals surface area contributed by atoms with E-state index in [1.807, 2.05) is 32.9 Å². The molecule has 0 atom stereocenters. The van der Waals surface area contributed by atoms with E-state index in [1.54, 1.807) is 11.0 Å². The van der Waals surface area contributed by atoms with Crippen LogP contribution in [0.15, 0.2) is 22.7 Å². The highest BCUT2D eigenvalue weighted by Gasteiger charge is 2.13. The quantitative estimate of drug-likeness (QED) is 0.706. The van der Waals surface area contributed by atoms with Crippen LogP contribution in [0.3, 0.4) is 0 Å². The third kappa shape index (κ3) is 6.70. The molecule has 0 unspecified atom stereocenters. The van der Waals surface area contributed by atoms with Gasteiger partial charge in [-0.15, -0.1) is 0 Å². The fourth-order valence-electron chi connectivity index (χ4n) is 2.18. The molecule has 0 spiro atoms. The van der Waals surface area contributed by atoms with Crippen LogP contribution < -0.4 is 10.6 Å². The Balaban J connectivity index is 2.36. The van der Waals surface area contributed by atoms with Crippen LogP contribution >= 0.6 is 15.9 Å². The van der Waals surface area contributed by atoms with Crippen molar-refractivity contribution in [1.29, 1.82) is 0 Å². The Bertz CT molecular complexity index is 601. The van der Waals surface area contributed by atoms with Crippen LogP contribution in [0.25, 0.3) is 0 Å². The van der Waals surface area contributed by atoms with E-state index in [0.29, 0.717) is 18.8 Å². The van der Waals surface area contributed by atoms with Crippen LogP contribution in [0.2, 0.25) is 0 Å². The average Bonchev–Trinajstić information content (AvgIpc) is 2.54. The summed E-state index contributed by atoms with van der Waals surface area (Å²) < 4.78 is 0.934. The molecule has 2 N–H and O–H groups in total. The first kappa shape index (κ1) is 20.2. The summed E-state index contributed by atoms with van der Waals surface area (Å²) in [6, 6.07) is 5.52.